The van der Waals surface area contributed by atoms with Crippen LogP contribution >= 0.6 is 0 Å². The number of aliphatic hydroxyl groups excluding tert-OH is 1. The molecule has 1 aliphatic carbocycles. The second-order valence-electron chi connectivity index (χ2n) is 4.95. The number of imidazole rings is 1. The van der Waals surface area contributed by atoms with Crippen LogP contribution in [0.3, 0.4) is 0 Å². The Morgan fingerprint density at radius 1 is 1.40 bits per heavy atom. The van der Waals surface area contributed by atoms with Crippen LogP contribution < -0.4 is 4.72 Å². The van der Waals surface area contributed by atoms with Crippen molar-refractivity contribution >= 4 is 10.0 Å². The smallest absolute Gasteiger partial charge is 0.260 e. The first kappa shape index (κ1) is 13.3. The zero-order chi connectivity index (χ0) is 14.3. The van der Waals surface area contributed by atoms with Crippen molar-refractivity contribution < 1.29 is 13.5 Å². The Balaban J connectivity index is 1.92. The Labute approximate surface area is 117 Å². The zero-order valence-electron chi connectivity index (χ0n) is 10.9. The van der Waals surface area contributed by atoms with Gasteiger partial charge in [0, 0.05) is 19.7 Å². The summed E-state index contributed by atoms with van der Waals surface area (Å²) in [6.45, 7) is 0. The fourth-order valence-corrected chi connectivity index (χ4v) is 3.70. The van der Waals surface area contributed by atoms with Gasteiger partial charge in [-0.3, -0.25) is 0 Å². The fourth-order valence-electron chi connectivity index (χ4n) is 2.47. The molecule has 6 nitrogen and oxygen atoms in total. The fraction of sp³-hybridized carbons (Fsp3) is 0.308. The summed E-state index contributed by atoms with van der Waals surface area (Å²) in [6.07, 6.45) is 2.54. The Morgan fingerprint density at radius 2 is 2.15 bits per heavy atom. The Hall–Kier alpha value is -1.70. The molecule has 2 aromatic rings. The summed E-state index contributed by atoms with van der Waals surface area (Å²) < 4.78 is 28.6. The standard InChI is InChI=1S/C13H15N3O3S/c1-16-7-12(14-8-16)20(18,19)15-13-10-5-3-2-4-9(10)6-11(13)17/h2-5,7-8,11,13,15,17H,6H2,1H3/t11-,13+/m0/s1. The van der Waals surface area contributed by atoms with Gasteiger partial charge in [0.05, 0.1) is 18.5 Å². The maximum Gasteiger partial charge on any atom is 0.260 e. The average molecular weight is 293 g/mol. The van der Waals surface area contributed by atoms with Crippen LogP contribution in [0, 0.1) is 0 Å². The number of sulfonamides is 1. The minimum absolute atomic E-state index is 0.0448. The van der Waals surface area contributed by atoms with Crippen LogP contribution in [0.25, 0.3) is 0 Å². The lowest BCUT2D eigenvalue weighted by Crippen LogP contribution is -2.34. The lowest BCUT2D eigenvalue weighted by atomic mass is 10.1. The molecule has 0 radical (unpaired) electrons. The van der Waals surface area contributed by atoms with Gasteiger partial charge >= 0.3 is 0 Å². The van der Waals surface area contributed by atoms with E-state index in [4.69, 9.17) is 0 Å². The molecule has 7 heteroatoms. The van der Waals surface area contributed by atoms with Gasteiger partial charge in [-0.1, -0.05) is 24.3 Å². The van der Waals surface area contributed by atoms with Crippen molar-refractivity contribution in [3.63, 3.8) is 0 Å². The average Bonchev–Trinajstić information content (AvgIpc) is 2.95. The SMILES string of the molecule is Cn1cnc(S(=O)(=O)N[C@@H]2c3ccccc3C[C@@H]2O)c1. The highest BCUT2D eigenvalue weighted by atomic mass is 32.2. The van der Waals surface area contributed by atoms with E-state index in [1.165, 1.54) is 12.5 Å². The zero-order valence-corrected chi connectivity index (χ0v) is 11.7. The number of aromatic nitrogens is 2. The molecule has 0 unspecified atom stereocenters. The molecule has 1 heterocycles. The number of rotatable bonds is 3. The van der Waals surface area contributed by atoms with Crippen LogP contribution in [0.2, 0.25) is 0 Å². The summed E-state index contributed by atoms with van der Waals surface area (Å²) in [5.41, 5.74) is 1.79. The molecule has 1 aromatic heterocycles. The molecule has 20 heavy (non-hydrogen) atoms. The van der Waals surface area contributed by atoms with E-state index >= 15 is 0 Å². The highest BCUT2D eigenvalue weighted by Gasteiger charge is 2.34. The van der Waals surface area contributed by atoms with E-state index in [1.54, 1.807) is 11.6 Å². The highest BCUT2D eigenvalue weighted by molar-refractivity contribution is 7.89. The van der Waals surface area contributed by atoms with E-state index in [9.17, 15) is 13.5 Å². The highest BCUT2D eigenvalue weighted by Crippen LogP contribution is 2.32. The van der Waals surface area contributed by atoms with Crippen molar-refractivity contribution in [2.45, 2.75) is 23.6 Å². The number of nitrogens with zero attached hydrogens (tertiary/aromatic N) is 2. The summed E-state index contributed by atoms with van der Waals surface area (Å²) in [5, 5.41) is 10.0. The van der Waals surface area contributed by atoms with Crippen molar-refractivity contribution in [3.8, 4) is 0 Å². The first-order valence-electron chi connectivity index (χ1n) is 6.23. The minimum Gasteiger partial charge on any atom is -0.391 e. The molecule has 0 saturated carbocycles. The summed E-state index contributed by atoms with van der Waals surface area (Å²) in [4.78, 5) is 3.84. The lowest BCUT2D eigenvalue weighted by Gasteiger charge is -2.17. The van der Waals surface area contributed by atoms with Gasteiger partial charge in [-0.2, -0.15) is 4.72 Å². The number of fused-ring (bicyclic) bond motifs is 1. The number of aryl methyl sites for hydroxylation is 1. The summed E-state index contributed by atoms with van der Waals surface area (Å²) in [7, 11) is -2.04. The van der Waals surface area contributed by atoms with Crippen LogP contribution in [-0.4, -0.2) is 29.2 Å². The molecular weight excluding hydrogens is 278 g/mol. The van der Waals surface area contributed by atoms with Gasteiger partial charge in [-0.15, -0.1) is 0 Å². The van der Waals surface area contributed by atoms with Gasteiger partial charge in [0.1, 0.15) is 0 Å². The Morgan fingerprint density at radius 3 is 2.85 bits per heavy atom. The van der Waals surface area contributed by atoms with Crippen LogP contribution in [-0.2, 0) is 23.5 Å². The molecule has 1 aromatic carbocycles. The van der Waals surface area contributed by atoms with Crippen LogP contribution in [0.1, 0.15) is 17.2 Å². The predicted octanol–water partition coefficient (Wildman–Crippen LogP) is 0.357. The normalized spacial score (nSPS) is 21.9. The van der Waals surface area contributed by atoms with Crippen molar-refractivity contribution in [3.05, 3.63) is 47.9 Å². The van der Waals surface area contributed by atoms with E-state index in [1.807, 2.05) is 24.3 Å². The molecular formula is C13H15N3O3S. The molecule has 0 amide bonds. The van der Waals surface area contributed by atoms with Gasteiger partial charge in [0.25, 0.3) is 10.0 Å². The van der Waals surface area contributed by atoms with Crippen molar-refractivity contribution in [2.24, 2.45) is 7.05 Å². The lowest BCUT2D eigenvalue weighted by molar-refractivity contribution is 0.151. The van der Waals surface area contributed by atoms with E-state index < -0.39 is 22.2 Å². The van der Waals surface area contributed by atoms with Gasteiger partial charge in [0.15, 0.2) is 5.03 Å². The third-order valence-corrected chi connectivity index (χ3v) is 4.77. The van der Waals surface area contributed by atoms with Gasteiger partial charge in [-0.05, 0) is 11.1 Å². The van der Waals surface area contributed by atoms with E-state index in [-0.39, 0.29) is 5.03 Å². The van der Waals surface area contributed by atoms with Gasteiger partial charge in [0.2, 0.25) is 0 Å². The quantitative estimate of drug-likeness (QED) is 0.855. The minimum atomic E-state index is -3.74. The van der Waals surface area contributed by atoms with Crippen LogP contribution in [0.4, 0.5) is 0 Å². The molecule has 0 spiro atoms. The summed E-state index contributed by atoms with van der Waals surface area (Å²) >= 11 is 0. The number of aliphatic hydroxyl groups is 1. The van der Waals surface area contributed by atoms with Crippen molar-refractivity contribution in [2.75, 3.05) is 0 Å². The molecule has 106 valence electrons. The molecule has 0 bridgehead atoms. The molecule has 2 N–H and O–H groups in total. The predicted molar refractivity (Wildman–Crippen MR) is 72.4 cm³/mol. The second kappa shape index (κ2) is 4.69. The Kier molecular flexibility index (Phi) is 3.12. The first-order valence-corrected chi connectivity index (χ1v) is 7.72. The number of benzene rings is 1. The Bertz CT molecular complexity index is 739. The summed E-state index contributed by atoms with van der Waals surface area (Å²) in [5.74, 6) is 0. The largest absolute Gasteiger partial charge is 0.391 e. The molecule has 0 saturated heterocycles. The van der Waals surface area contributed by atoms with E-state index in [0.29, 0.717) is 6.42 Å². The third kappa shape index (κ3) is 2.24. The van der Waals surface area contributed by atoms with E-state index in [2.05, 4.69) is 9.71 Å². The van der Waals surface area contributed by atoms with Crippen molar-refractivity contribution in [1.29, 1.82) is 0 Å². The summed E-state index contributed by atoms with van der Waals surface area (Å²) in [6, 6.07) is 6.81. The van der Waals surface area contributed by atoms with E-state index in [0.717, 1.165) is 11.1 Å². The van der Waals surface area contributed by atoms with Crippen molar-refractivity contribution in [1.82, 2.24) is 14.3 Å². The maximum atomic E-state index is 12.3. The molecule has 0 aliphatic heterocycles. The molecule has 3 rings (SSSR count). The van der Waals surface area contributed by atoms with Crippen LogP contribution in [0.5, 0.6) is 0 Å². The molecule has 0 fully saturated rings. The van der Waals surface area contributed by atoms with Gasteiger partial charge < -0.3 is 9.67 Å². The van der Waals surface area contributed by atoms with Gasteiger partial charge in [-0.25, -0.2) is 13.4 Å². The molecule has 2 atom stereocenters. The number of hydrogen-bond acceptors (Lipinski definition) is 4. The maximum absolute atomic E-state index is 12.3. The third-order valence-electron chi connectivity index (χ3n) is 3.44. The topological polar surface area (TPSA) is 84.2 Å². The molecule has 1 aliphatic rings. The monoisotopic (exact) mass is 293 g/mol. The number of hydrogen-bond donors (Lipinski definition) is 2. The van der Waals surface area contributed by atoms with Crippen LogP contribution in [0.15, 0.2) is 41.8 Å². The first-order chi connectivity index (χ1) is 9.47. The second-order valence-corrected chi connectivity index (χ2v) is 6.61. The number of nitrogens with one attached hydrogen (secondary N) is 1.